The van der Waals surface area contributed by atoms with Crippen LogP contribution in [0, 0.1) is 0 Å². The molecule has 1 atom stereocenters. The normalized spacial score (nSPS) is 20.6. The van der Waals surface area contributed by atoms with Gasteiger partial charge in [0.15, 0.2) is 6.29 Å². The summed E-state index contributed by atoms with van der Waals surface area (Å²) >= 11 is 3.41. The molecule has 2 aromatic carbocycles. The maximum Gasteiger partial charge on any atom is 0.247 e. The van der Waals surface area contributed by atoms with E-state index in [-0.39, 0.29) is 24.3 Å². The number of aromatic nitrogens is 3. The Balaban J connectivity index is 1.41. The highest BCUT2D eigenvalue weighted by Crippen LogP contribution is 2.35. The number of sulfonamides is 1. The number of ether oxygens (including phenoxy) is 3. The van der Waals surface area contributed by atoms with E-state index in [9.17, 15) is 8.42 Å². The van der Waals surface area contributed by atoms with Crippen LogP contribution in [-0.2, 0) is 39.0 Å². The lowest BCUT2D eigenvalue weighted by molar-refractivity contribution is -0.0496. The lowest BCUT2D eigenvalue weighted by Crippen LogP contribution is -2.42. The van der Waals surface area contributed by atoms with E-state index in [2.05, 4.69) is 26.2 Å². The molecular weight excluding hydrogens is 524 g/mol. The smallest absolute Gasteiger partial charge is 0.247 e. The molecule has 180 valence electrons. The van der Waals surface area contributed by atoms with Crippen LogP contribution in [0.4, 0.5) is 0 Å². The van der Waals surface area contributed by atoms with Gasteiger partial charge >= 0.3 is 0 Å². The summed E-state index contributed by atoms with van der Waals surface area (Å²) in [6.07, 6.45) is 2.71. The van der Waals surface area contributed by atoms with Crippen molar-refractivity contribution in [2.75, 3.05) is 19.8 Å². The third-order valence-electron chi connectivity index (χ3n) is 5.83. The molecule has 0 spiro atoms. The van der Waals surface area contributed by atoms with Crippen molar-refractivity contribution in [3.05, 3.63) is 70.5 Å². The second kappa shape index (κ2) is 10.1. The van der Waals surface area contributed by atoms with Gasteiger partial charge in [-0.25, -0.2) is 8.42 Å². The van der Waals surface area contributed by atoms with E-state index in [0.29, 0.717) is 44.0 Å². The Labute approximate surface area is 206 Å². The van der Waals surface area contributed by atoms with E-state index < -0.39 is 16.1 Å². The SMILES string of the molecule is O=S1(=O)c2ccc(Br)cc2OC[C@H](Cc2ccccc2)N1Cc1cn(CCC2OCCO2)nn1. The zero-order valence-corrected chi connectivity index (χ0v) is 20.8. The first-order valence-corrected chi connectivity index (χ1v) is 13.3. The molecule has 2 aliphatic rings. The first kappa shape index (κ1) is 23.4. The Morgan fingerprint density at radius 1 is 1.09 bits per heavy atom. The summed E-state index contributed by atoms with van der Waals surface area (Å²) in [6.45, 7) is 2.08. The van der Waals surface area contributed by atoms with Gasteiger partial charge in [0.05, 0.1) is 31.5 Å². The predicted octanol–water partition coefficient (Wildman–Crippen LogP) is 3.00. The number of aryl methyl sites for hydroxylation is 1. The molecule has 0 amide bonds. The molecule has 1 aromatic heterocycles. The van der Waals surface area contributed by atoms with Gasteiger partial charge in [-0.05, 0) is 30.2 Å². The topological polar surface area (TPSA) is 95.8 Å². The first-order valence-electron chi connectivity index (χ1n) is 11.1. The van der Waals surface area contributed by atoms with Crippen molar-refractivity contribution in [2.24, 2.45) is 0 Å². The van der Waals surface area contributed by atoms with Gasteiger partial charge in [0.25, 0.3) is 0 Å². The average molecular weight is 549 g/mol. The number of hydrogen-bond acceptors (Lipinski definition) is 7. The summed E-state index contributed by atoms with van der Waals surface area (Å²) in [5.74, 6) is 0.343. The number of nitrogens with zero attached hydrogens (tertiary/aromatic N) is 4. The van der Waals surface area contributed by atoms with E-state index in [1.165, 1.54) is 4.31 Å². The van der Waals surface area contributed by atoms with Crippen LogP contribution >= 0.6 is 15.9 Å². The van der Waals surface area contributed by atoms with Crippen molar-refractivity contribution in [3.8, 4) is 5.75 Å². The number of rotatable bonds is 7. The van der Waals surface area contributed by atoms with Crippen molar-refractivity contribution in [2.45, 2.75) is 43.2 Å². The van der Waals surface area contributed by atoms with E-state index >= 15 is 0 Å². The van der Waals surface area contributed by atoms with Crippen LogP contribution in [0.5, 0.6) is 5.75 Å². The molecule has 0 bridgehead atoms. The van der Waals surface area contributed by atoms with Crippen molar-refractivity contribution in [1.82, 2.24) is 19.3 Å². The van der Waals surface area contributed by atoms with Gasteiger partial charge in [0.1, 0.15) is 17.3 Å². The standard InChI is InChI=1S/C23H25BrN4O5S/c24-18-6-7-22-21(13-18)33-16-20(12-17-4-2-1-3-5-17)28(34(22,29)30)15-19-14-27(26-25-19)9-8-23-31-10-11-32-23/h1-7,13-14,20,23H,8-12,15-16H2/t20-/m0/s1. The summed E-state index contributed by atoms with van der Waals surface area (Å²) in [4.78, 5) is 0.147. The van der Waals surface area contributed by atoms with E-state index in [1.807, 2.05) is 30.3 Å². The molecule has 9 nitrogen and oxygen atoms in total. The van der Waals surface area contributed by atoms with Crippen LogP contribution in [0.2, 0.25) is 0 Å². The lowest BCUT2D eigenvalue weighted by Gasteiger charge is -2.27. The van der Waals surface area contributed by atoms with Crippen LogP contribution in [0.1, 0.15) is 17.7 Å². The Hall–Kier alpha value is -2.31. The van der Waals surface area contributed by atoms with E-state index in [0.717, 1.165) is 10.0 Å². The quantitative estimate of drug-likeness (QED) is 0.447. The highest BCUT2D eigenvalue weighted by atomic mass is 79.9. The second-order valence-electron chi connectivity index (χ2n) is 8.23. The molecule has 0 saturated carbocycles. The predicted molar refractivity (Wildman–Crippen MR) is 127 cm³/mol. The molecule has 0 radical (unpaired) electrons. The van der Waals surface area contributed by atoms with Gasteiger partial charge in [0, 0.05) is 23.6 Å². The Morgan fingerprint density at radius 2 is 1.88 bits per heavy atom. The molecule has 2 aliphatic heterocycles. The number of fused-ring (bicyclic) bond motifs is 1. The molecule has 5 rings (SSSR count). The highest BCUT2D eigenvalue weighted by Gasteiger charge is 2.38. The molecule has 0 aliphatic carbocycles. The molecule has 11 heteroatoms. The summed E-state index contributed by atoms with van der Waals surface area (Å²) in [5.41, 5.74) is 1.60. The molecule has 0 unspecified atom stereocenters. The fraction of sp³-hybridized carbons (Fsp3) is 0.391. The summed E-state index contributed by atoms with van der Waals surface area (Å²) in [6, 6.07) is 14.4. The molecule has 3 heterocycles. The molecule has 3 aromatic rings. The molecule has 1 fully saturated rings. The zero-order chi connectivity index (χ0) is 23.5. The maximum absolute atomic E-state index is 13.8. The number of halogens is 1. The minimum atomic E-state index is -3.85. The van der Waals surface area contributed by atoms with Gasteiger partial charge in [-0.2, -0.15) is 4.31 Å². The Bertz CT molecular complexity index is 1230. The molecule has 0 N–H and O–H groups in total. The largest absolute Gasteiger partial charge is 0.490 e. The number of benzene rings is 2. The van der Waals surface area contributed by atoms with Crippen molar-refractivity contribution >= 4 is 26.0 Å². The summed E-state index contributed by atoms with van der Waals surface area (Å²) in [5, 5.41) is 8.42. The minimum absolute atomic E-state index is 0.0924. The Kier molecular flexibility index (Phi) is 6.98. The molecular formula is C23H25BrN4O5S. The molecule has 34 heavy (non-hydrogen) atoms. The summed E-state index contributed by atoms with van der Waals surface area (Å²) in [7, 11) is -3.85. The van der Waals surface area contributed by atoms with Gasteiger partial charge in [-0.15, -0.1) is 5.10 Å². The second-order valence-corrected chi connectivity index (χ2v) is 11.0. The van der Waals surface area contributed by atoms with E-state index in [1.54, 1.807) is 29.1 Å². The summed E-state index contributed by atoms with van der Waals surface area (Å²) < 4.78 is 48.4. The van der Waals surface area contributed by atoms with E-state index in [4.69, 9.17) is 14.2 Å². The highest BCUT2D eigenvalue weighted by molar-refractivity contribution is 9.10. The third kappa shape index (κ3) is 5.18. The lowest BCUT2D eigenvalue weighted by atomic mass is 10.1. The van der Waals surface area contributed by atoms with Crippen molar-refractivity contribution in [3.63, 3.8) is 0 Å². The fourth-order valence-corrected chi connectivity index (χ4v) is 6.19. The fourth-order valence-electron chi connectivity index (χ4n) is 4.15. The van der Waals surface area contributed by atoms with Gasteiger partial charge in [0.2, 0.25) is 10.0 Å². The van der Waals surface area contributed by atoms with Crippen LogP contribution < -0.4 is 4.74 Å². The van der Waals surface area contributed by atoms with Gasteiger partial charge in [-0.3, -0.25) is 4.68 Å². The Morgan fingerprint density at radius 3 is 2.68 bits per heavy atom. The van der Waals surface area contributed by atoms with Crippen LogP contribution in [0.15, 0.2) is 64.1 Å². The van der Waals surface area contributed by atoms with Crippen molar-refractivity contribution in [1.29, 1.82) is 0 Å². The van der Waals surface area contributed by atoms with Crippen LogP contribution in [0.25, 0.3) is 0 Å². The van der Waals surface area contributed by atoms with Gasteiger partial charge in [-0.1, -0.05) is 51.5 Å². The van der Waals surface area contributed by atoms with Crippen LogP contribution in [-0.4, -0.2) is 59.9 Å². The average Bonchev–Trinajstić information content (AvgIpc) is 3.49. The number of hydrogen-bond donors (Lipinski definition) is 0. The third-order valence-corrected chi connectivity index (χ3v) is 8.26. The minimum Gasteiger partial charge on any atom is -0.490 e. The van der Waals surface area contributed by atoms with Crippen LogP contribution in [0.3, 0.4) is 0 Å². The monoisotopic (exact) mass is 548 g/mol. The van der Waals surface area contributed by atoms with Crippen molar-refractivity contribution < 1.29 is 22.6 Å². The van der Waals surface area contributed by atoms with Gasteiger partial charge < -0.3 is 14.2 Å². The molecule has 1 saturated heterocycles. The maximum atomic E-state index is 13.8. The zero-order valence-electron chi connectivity index (χ0n) is 18.4. The first-order chi connectivity index (χ1) is 16.5.